The highest BCUT2D eigenvalue weighted by Gasteiger charge is 2.43. The normalized spacial score (nSPS) is 19.6. The van der Waals surface area contributed by atoms with E-state index < -0.39 is 57.6 Å². The van der Waals surface area contributed by atoms with Crippen molar-refractivity contribution < 1.29 is 32.4 Å². The summed E-state index contributed by atoms with van der Waals surface area (Å²) in [6.07, 6.45) is -0.408. The third kappa shape index (κ3) is 7.41. The van der Waals surface area contributed by atoms with Crippen LogP contribution < -0.4 is 0 Å². The molecule has 0 unspecified atom stereocenters. The molecule has 1 aliphatic carbocycles. The number of piperidine rings is 1. The molecule has 0 N–H and O–H groups in total. The molecule has 0 radical (unpaired) electrons. The number of nitro groups is 1. The molecule has 1 aromatic carbocycles. The van der Waals surface area contributed by atoms with Crippen molar-refractivity contribution in [1.82, 2.24) is 9.80 Å². The zero-order valence-corrected chi connectivity index (χ0v) is 24.9. The Morgan fingerprint density at radius 3 is 2.33 bits per heavy atom. The molecule has 1 aromatic rings. The van der Waals surface area contributed by atoms with Crippen molar-refractivity contribution >= 4 is 29.4 Å². The van der Waals surface area contributed by atoms with Crippen molar-refractivity contribution in [2.24, 2.45) is 0 Å². The molecular weight excluding hydrogens is 547 g/mol. The second-order valence-electron chi connectivity index (χ2n) is 12.0. The summed E-state index contributed by atoms with van der Waals surface area (Å²) in [5.74, 6) is -0.941. The first-order chi connectivity index (χ1) is 18.5. The summed E-state index contributed by atoms with van der Waals surface area (Å²) in [7, 11) is 0. The predicted octanol–water partition coefficient (Wildman–Crippen LogP) is 7.68. The number of amides is 2. The van der Waals surface area contributed by atoms with Crippen LogP contribution in [0.3, 0.4) is 0 Å². The number of ether oxygens (including phenoxy) is 1. The van der Waals surface area contributed by atoms with Gasteiger partial charge in [-0.1, -0.05) is 19.8 Å². The van der Waals surface area contributed by atoms with Gasteiger partial charge in [0.05, 0.1) is 27.0 Å². The molecule has 8 nitrogen and oxygen atoms in total. The van der Waals surface area contributed by atoms with Gasteiger partial charge in [-0.15, -0.1) is 11.8 Å². The SMILES string of the molecule is CCC1(Sc2cc(C(F)(F)F)c(C(=O)N(C(C)C)[C@@H]3CCCN(C(=O)OC(C)(C)C)C3)cc2[N+](=O)[O-])CCCC1. The third-order valence-corrected chi connectivity index (χ3v) is 9.23. The Morgan fingerprint density at radius 2 is 1.82 bits per heavy atom. The highest BCUT2D eigenvalue weighted by atomic mass is 32.2. The number of thioether (sulfide) groups is 1. The van der Waals surface area contributed by atoms with E-state index in [-0.39, 0.29) is 16.2 Å². The van der Waals surface area contributed by atoms with E-state index in [4.69, 9.17) is 4.74 Å². The van der Waals surface area contributed by atoms with Gasteiger partial charge in [0.2, 0.25) is 0 Å². The molecule has 1 atom stereocenters. The van der Waals surface area contributed by atoms with Crippen LogP contribution in [0.15, 0.2) is 17.0 Å². The molecule has 0 aromatic heterocycles. The summed E-state index contributed by atoms with van der Waals surface area (Å²) in [6.45, 7) is 11.0. The van der Waals surface area contributed by atoms with Crippen LogP contribution in [-0.2, 0) is 10.9 Å². The van der Waals surface area contributed by atoms with Gasteiger partial charge in [-0.25, -0.2) is 4.79 Å². The molecule has 224 valence electrons. The summed E-state index contributed by atoms with van der Waals surface area (Å²) in [5.41, 5.74) is -3.15. The Morgan fingerprint density at radius 1 is 1.20 bits per heavy atom. The van der Waals surface area contributed by atoms with Crippen molar-refractivity contribution in [3.63, 3.8) is 0 Å². The van der Waals surface area contributed by atoms with Gasteiger partial charge in [0.1, 0.15) is 5.60 Å². The van der Waals surface area contributed by atoms with Gasteiger partial charge in [-0.05, 0) is 72.8 Å². The minimum absolute atomic E-state index is 0.0671. The number of alkyl halides is 3. The number of nitrogens with zero attached hydrogens (tertiary/aromatic N) is 3. The molecule has 0 bridgehead atoms. The van der Waals surface area contributed by atoms with Gasteiger partial charge in [0.15, 0.2) is 0 Å². The third-order valence-electron chi connectivity index (χ3n) is 7.55. The Hall–Kier alpha value is -2.50. The van der Waals surface area contributed by atoms with Crippen LogP contribution in [0.1, 0.15) is 102 Å². The highest BCUT2D eigenvalue weighted by molar-refractivity contribution is 8.00. The van der Waals surface area contributed by atoms with E-state index in [1.165, 1.54) is 9.80 Å². The van der Waals surface area contributed by atoms with Gasteiger partial charge in [-0.2, -0.15) is 13.2 Å². The van der Waals surface area contributed by atoms with Crippen LogP contribution >= 0.6 is 11.8 Å². The quantitative estimate of drug-likeness (QED) is 0.240. The standard InChI is InChI=1S/C28H40F3N3O5S/c1-7-27(12-8-9-13-27)40-23-16-21(28(29,30)31)20(15-22(23)34(37)38)24(35)33(18(2)3)19-11-10-14-32(17-19)25(36)39-26(4,5)6/h15-16,18-19H,7-14,17H2,1-6H3/t19-/m1/s1. The van der Waals surface area contributed by atoms with E-state index in [0.29, 0.717) is 25.8 Å². The van der Waals surface area contributed by atoms with E-state index in [1.54, 1.807) is 34.6 Å². The van der Waals surface area contributed by atoms with Crippen LogP contribution in [0.25, 0.3) is 0 Å². The maximum absolute atomic E-state index is 14.4. The lowest BCUT2D eigenvalue weighted by Gasteiger charge is -2.41. The first-order valence-corrected chi connectivity index (χ1v) is 14.7. The number of carbonyl (C=O) groups is 2. The summed E-state index contributed by atoms with van der Waals surface area (Å²) in [6, 6.07) is 0.491. The van der Waals surface area contributed by atoms with E-state index in [2.05, 4.69) is 0 Å². The van der Waals surface area contributed by atoms with E-state index in [9.17, 15) is 32.9 Å². The Kier molecular flexibility index (Phi) is 9.74. The lowest BCUT2D eigenvalue weighted by molar-refractivity contribution is -0.387. The smallest absolute Gasteiger partial charge is 0.417 e. The van der Waals surface area contributed by atoms with Crippen molar-refractivity contribution in [1.29, 1.82) is 0 Å². The molecule has 1 saturated carbocycles. The van der Waals surface area contributed by atoms with Crippen molar-refractivity contribution in [2.75, 3.05) is 13.1 Å². The molecule has 40 heavy (non-hydrogen) atoms. The molecule has 2 aliphatic rings. The number of likely N-dealkylation sites (tertiary alicyclic amines) is 1. The average Bonchev–Trinajstić information content (AvgIpc) is 3.31. The zero-order valence-electron chi connectivity index (χ0n) is 24.1. The molecule has 3 rings (SSSR count). The van der Waals surface area contributed by atoms with E-state index in [0.717, 1.165) is 49.6 Å². The second-order valence-corrected chi connectivity index (χ2v) is 13.5. The molecule has 12 heteroatoms. The van der Waals surface area contributed by atoms with E-state index in [1.807, 2.05) is 6.92 Å². The number of hydrogen-bond donors (Lipinski definition) is 0. The van der Waals surface area contributed by atoms with Crippen LogP contribution in [0, 0.1) is 10.1 Å². The number of rotatable bonds is 7. The number of halogens is 3. The largest absolute Gasteiger partial charge is 0.444 e. The van der Waals surface area contributed by atoms with Crippen LogP contribution in [0.5, 0.6) is 0 Å². The maximum atomic E-state index is 14.4. The van der Waals surface area contributed by atoms with Crippen molar-refractivity contribution in [3.8, 4) is 0 Å². The molecule has 2 fully saturated rings. The number of benzene rings is 1. The van der Waals surface area contributed by atoms with Crippen molar-refractivity contribution in [2.45, 2.75) is 120 Å². The molecule has 2 amide bonds. The highest BCUT2D eigenvalue weighted by Crippen LogP contribution is 2.51. The minimum atomic E-state index is -4.90. The predicted molar refractivity (Wildman–Crippen MR) is 148 cm³/mol. The Bertz CT molecular complexity index is 1110. The topological polar surface area (TPSA) is 93.0 Å². The fourth-order valence-corrected chi connectivity index (χ4v) is 7.14. The first-order valence-electron chi connectivity index (χ1n) is 13.9. The Balaban J connectivity index is 2.03. The monoisotopic (exact) mass is 587 g/mol. The fraction of sp³-hybridized carbons (Fsp3) is 0.714. The molecule has 1 aliphatic heterocycles. The fourth-order valence-electron chi connectivity index (χ4n) is 5.62. The summed E-state index contributed by atoms with van der Waals surface area (Å²) in [5, 5.41) is 12.1. The first kappa shape index (κ1) is 32.0. The van der Waals surface area contributed by atoms with Crippen LogP contribution in [0.2, 0.25) is 0 Å². The molecular formula is C28H40F3N3O5S. The lowest BCUT2D eigenvalue weighted by Crippen LogP contribution is -2.54. The van der Waals surface area contributed by atoms with E-state index >= 15 is 0 Å². The minimum Gasteiger partial charge on any atom is -0.444 e. The van der Waals surface area contributed by atoms with Gasteiger partial charge >= 0.3 is 12.3 Å². The number of carbonyl (C=O) groups excluding carboxylic acids is 2. The summed E-state index contributed by atoms with van der Waals surface area (Å²) < 4.78 is 48.4. The van der Waals surface area contributed by atoms with Gasteiger partial charge < -0.3 is 14.5 Å². The molecule has 0 spiro atoms. The van der Waals surface area contributed by atoms with Crippen LogP contribution in [-0.4, -0.2) is 62.2 Å². The molecule has 1 saturated heterocycles. The second kappa shape index (κ2) is 12.2. The lowest BCUT2D eigenvalue weighted by atomic mass is 9.99. The number of nitro benzene ring substituents is 1. The Labute approximate surface area is 238 Å². The maximum Gasteiger partial charge on any atom is 0.417 e. The van der Waals surface area contributed by atoms with Gasteiger partial charge in [-0.3, -0.25) is 14.9 Å². The zero-order chi connectivity index (χ0) is 30.0. The van der Waals surface area contributed by atoms with Crippen LogP contribution in [0.4, 0.5) is 23.7 Å². The van der Waals surface area contributed by atoms with Crippen molar-refractivity contribution in [3.05, 3.63) is 33.4 Å². The number of hydrogen-bond acceptors (Lipinski definition) is 6. The summed E-state index contributed by atoms with van der Waals surface area (Å²) >= 11 is 1.13. The molecule has 1 heterocycles. The average molecular weight is 588 g/mol. The summed E-state index contributed by atoms with van der Waals surface area (Å²) in [4.78, 5) is 40.7. The van der Waals surface area contributed by atoms with Gasteiger partial charge in [0, 0.05) is 29.9 Å². The van der Waals surface area contributed by atoms with Gasteiger partial charge in [0.25, 0.3) is 11.6 Å².